The molecular weight excluding hydrogens is 344 g/mol. The number of hydrogen-bond donors (Lipinski definition) is 1. The predicted octanol–water partition coefficient (Wildman–Crippen LogP) is 0.414. The van der Waals surface area contributed by atoms with Crippen molar-refractivity contribution in [1.82, 2.24) is 18.8 Å². The second kappa shape index (κ2) is 7.40. The molecule has 2 aromatic rings. The van der Waals surface area contributed by atoms with Crippen LogP contribution < -0.4 is 10.4 Å². The first kappa shape index (κ1) is 19.2. The summed E-state index contributed by atoms with van der Waals surface area (Å²) in [5.41, 5.74) is 0.972. The molecule has 9 heteroatoms. The van der Waals surface area contributed by atoms with Gasteiger partial charge in [0, 0.05) is 40.2 Å². The molecule has 0 spiro atoms. The van der Waals surface area contributed by atoms with Gasteiger partial charge in [-0.25, -0.2) is 17.9 Å². The monoisotopic (exact) mass is 368 g/mol. The van der Waals surface area contributed by atoms with E-state index in [1.807, 2.05) is 13.8 Å². The van der Waals surface area contributed by atoms with Crippen LogP contribution in [-0.4, -0.2) is 48.0 Å². The van der Waals surface area contributed by atoms with Crippen molar-refractivity contribution in [3.05, 3.63) is 28.7 Å². The SMILES string of the molecule is CCN(CC)C(=O)CCNS(=O)(=O)c1ccc2c(c1)n(C)c(=O)n2C. The van der Waals surface area contributed by atoms with Crippen molar-refractivity contribution in [2.75, 3.05) is 19.6 Å². The minimum Gasteiger partial charge on any atom is -0.343 e. The highest BCUT2D eigenvalue weighted by molar-refractivity contribution is 7.89. The maximum Gasteiger partial charge on any atom is 0.328 e. The highest BCUT2D eigenvalue weighted by Gasteiger charge is 2.18. The molecule has 8 nitrogen and oxygen atoms in total. The topological polar surface area (TPSA) is 93.4 Å². The van der Waals surface area contributed by atoms with Gasteiger partial charge in [-0.15, -0.1) is 0 Å². The third-order valence-corrected chi connectivity index (χ3v) is 5.76. The van der Waals surface area contributed by atoms with Crippen molar-refractivity contribution >= 4 is 27.0 Å². The first-order chi connectivity index (χ1) is 11.7. The lowest BCUT2D eigenvalue weighted by molar-refractivity contribution is -0.130. The lowest BCUT2D eigenvalue weighted by atomic mass is 10.3. The summed E-state index contributed by atoms with van der Waals surface area (Å²) < 4.78 is 30.2. The number of nitrogens with zero attached hydrogens (tertiary/aromatic N) is 3. The van der Waals surface area contributed by atoms with Crippen LogP contribution in [0, 0.1) is 0 Å². The Kier molecular flexibility index (Phi) is 5.69. The first-order valence-corrected chi connectivity index (χ1v) is 9.64. The number of aryl methyl sites for hydroxylation is 2. The highest BCUT2D eigenvalue weighted by Crippen LogP contribution is 2.17. The number of carbonyl (C=O) groups excluding carboxylic acids is 1. The van der Waals surface area contributed by atoms with E-state index in [0.29, 0.717) is 24.1 Å². The zero-order chi connectivity index (χ0) is 18.8. The number of benzene rings is 1. The lowest BCUT2D eigenvalue weighted by Crippen LogP contribution is -2.34. The quantitative estimate of drug-likeness (QED) is 0.766. The average Bonchev–Trinajstić information content (AvgIpc) is 2.80. The number of imidazole rings is 1. The smallest absolute Gasteiger partial charge is 0.328 e. The Bertz CT molecular complexity index is 939. The van der Waals surface area contributed by atoms with Gasteiger partial charge in [0.15, 0.2) is 0 Å². The predicted molar refractivity (Wildman–Crippen MR) is 95.9 cm³/mol. The fourth-order valence-corrected chi connectivity index (χ4v) is 3.82. The molecular formula is C16H24N4O4S. The summed E-state index contributed by atoms with van der Waals surface area (Å²) in [5, 5.41) is 0. The fraction of sp³-hybridized carbons (Fsp3) is 0.500. The number of fused-ring (bicyclic) bond motifs is 1. The third kappa shape index (κ3) is 3.77. The van der Waals surface area contributed by atoms with E-state index in [1.165, 1.54) is 21.3 Å². The number of hydrogen-bond acceptors (Lipinski definition) is 4. The molecule has 1 amide bonds. The molecule has 1 N–H and O–H groups in total. The molecule has 0 bridgehead atoms. The van der Waals surface area contributed by atoms with Crippen LogP contribution in [-0.2, 0) is 28.9 Å². The van der Waals surface area contributed by atoms with E-state index in [1.54, 1.807) is 25.1 Å². The molecule has 1 aromatic carbocycles. The third-order valence-electron chi connectivity index (χ3n) is 4.30. The van der Waals surface area contributed by atoms with E-state index < -0.39 is 10.0 Å². The van der Waals surface area contributed by atoms with E-state index in [2.05, 4.69) is 4.72 Å². The van der Waals surface area contributed by atoms with Crippen LogP contribution in [0.3, 0.4) is 0 Å². The average molecular weight is 368 g/mol. The molecule has 0 saturated heterocycles. The minimum absolute atomic E-state index is 0.0312. The molecule has 0 aliphatic heterocycles. The molecule has 25 heavy (non-hydrogen) atoms. The van der Waals surface area contributed by atoms with Gasteiger partial charge in [0.1, 0.15) is 0 Å². The Balaban J connectivity index is 2.17. The molecule has 0 aliphatic carbocycles. The maximum atomic E-state index is 12.4. The second-order valence-corrected chi connectivity index (χ2v) is 7.53. The number of aromatic nitrogens is 2. The van der Waals surface area contributed by atoms with Crippen molar-refractivity contribution in [1.29, 1.82) is 0 Å². The van der Waals surface area contributed by atoms with Crippen molar-refractivity contribution in [3.63, 3.8) is 0 Å². The Morgan fingerprint density at radius 3 is 2.32 bits per heavy atom. The summed E-state index contributed by atoms with van der Waals surface area (Å²) in [6.45, 7) is 4.99. The summed E-state index contributed by atoms with van der Waals surface area (Å²) in [4.78, 5) is 25.6. The van der Waals surface area contributed by atoms with E-state index >= 15 is 0 Å². The molecule has 138 valence electrons. The van der Waals surface area contributed by atoms with Crippen LogP contribution in [0.1, 0.15) is 20.3 Å². The van der Waals surface area contributed by atoms with Gasteiger partial charge in [0.2, 0.25) is 15.9 Å². The second-order valence-electron chi connectivity index (χ2n) is 5.76. The number of carbonyl (C=O) groups is 1. The van der Waals surface area contributed by atoms with Gasteiger partial charge >= 0.3 is 5.69 Å². The number of sulfonamides is 1. The summed E-state index contributed by atoms with van der Waals surface area (Å²) >= 11 is 0. The fourth-order valence-electron chi connectivity index (χ4n) is 2.76. The van der Waals surface area contributed by atoms with Crippen LogP contribution >= 0.6 is 0 Å². The van der Waals surface area contributed by atoms with E-state index in [4.69, 9.17) is 0 Å². The molecule has 0 saturated carbocycles. The molecule has 0 fully saturated rings. The molecule has 0 aliphatic rings. The van der Waals surface area contributed by atoms with Crippen LogP contribution in [0.25, 0.3) is 11.0 Å². The largest absolute Gasteiger partial charge is 0.343 e. The van der Waals surface area contributed by atoms with Crippen molar-refractivity contribution in [3.8, 4) is 0 Å². The van der Waals surface area contributed by atoms with E-state index in [-0.39, 0.29) is 29.5 Å². The first-order valence-electron chi connectivity index (χ1n) is 8.15. The molecule has 2 rings (SSSR count). The van der Waals surface area contributed by atoms with Gasteiger partial charge in [0.25, 0.3) is 0 Å². The van der Waals surface area contributed by atoms with Crippen LogP contribution in [0.2, 0.25) is 0 Å². The van der Waals surface area contributed by atoms with Gasteiger partial charge in [-0.1, -0.05) is 0 Å². The van der Waals surface area contributed by atoms with Crippen molar-refractivity contribution < 1.29 is 13.2 Å². The highest BCUT2D eigenvalue weighted by atomic mass is 32.2. The number of amides is 1. The molecule has 0 unspecified atom stereocenters. The Labute approximate surface area is 147 Å². The number of rotatable bonds is 7. The Hall–Kier alpha value is -2.13. The van der Waals surface area contributed by atoms with Crippen LogP contribution in [0.15, 0.2) is 27.9 Å². The normalized spacial score (nSPS) is 11.8. The summed E-state index contributed by atoms with van der Waals surface area (Å²) in [6.07, 6.45) is 0.104. The van der Waals surface area contributed by atoms with E-state index in [0.717, 1.165) is 0 Å². The maximum absolute atomic E-state index is 12.4. The zero-order valence-corrected chi connectivity index (χ0v) is 15.8. The van der Waals surface area contributed by atoms with Crippen LogP contribution in [0.4, 0.5) is 0 Å². The summed E-state index contributed by atoms with van der Waals surface area (Å²) in [6, 6.07) is 4.52. The van der Waals surface area contributed by atoms with Gasteiger partial charge < -0.3 is 4.90 Å². The Morgan fingerprint density at radius 2 is 1.72 bits per heavy atom. The minimum atomic E-state index is -3.75. The van der Waals surface area contributed by atoms with Gasteiger partial charge in [-0.2, -0.15) is 0 Å². The molecule has 0 radical (unpaired) electrons. The lowest BCUT2D eigenvalue weighted by Gasteiger charge is -2.18. The van der Waals surface area contributed by atoms with Crippen molar-refractivity contribution in [2.24, 2.45) is 14.1 Å². The Morgan fingerprint density at radius 1 is 1.12 bits per heavy atom. The molecule has 0 atom stereocenters. The zero-order valence-electron chi connectivity index (χ0n) is 14.9. The summed E-state index contributed by atoms with van der Waals surface area (Å²) in [7, 11) is -0.523. The number of nitrogens with one attached hydrogen (secondary N) is 1. The standard InChI is InChI=1S/C16H24N4O4S/c1-5-20(6-2)15(21)9-10-17-25(23,24)12-7-8-13-14(11-12)19(4)16(22)18(13)3/h7-8,11,17H,5-6,9-10H2,1-4H3. The van der Waals surface area contributed by atoms with Gasteiger partial charge in [0.05, 0.1) is 15.9 Å². The molecule has 1 heterocycles. The van der Waals surface area contributed by atoms with Gasteiger partial charge in [-0.3, -0.25) is 13.9 Å². The summed E-state index contributed by atoms with van der Waals surface area (Å²) in [5.74, 6) is -0.0893. The van der Waals surface area contributed by atoms with E-state index in [9.17, 15) is 18.0 Å². The van der Waals surface area contributed by atoms with Crippen LogP contribution in [0.5, 0.6) is 0 Å². The van der Waals surface area contributed by atoms with Gasteiger partial charge in [-0.05, 0) is 32.0 Å². The van der Waals surface area contributed by atoms with Crippen molar-refractivity contribution in [2.45, 2.75) is 25.2 Å². The molecule has 1 aromatic heterocycles.